The number of terminal acetylenes is 1. The van der Waals surface area contributed by atoms with E-state index in [1.807, 2.05) is 18.3 Å². The second-order valence-corrected chi connectivity index (χ2v) is 9.70. The van der Waals surface area contributed by atoms with Crippen LogP contribution in [0, 0.1) is 35.5 Å². The van der Waals surface area contributed by atoms with E-state index in [2.05, 4.69) is 26.4 Å². The molecule has 1 aliphatic rings. The molecule has 0 aliphatic carbocycles. The van der Waals surface area contributed by atoms with Crippen LogP contribution in [0.1, 0.15) is 65.8 Å². The van der Waals surface area contributed by atoms with Crippen molar-refractivity contribution in [3.05, 3.63) is 65.0 Å². The molecule has 2 aromatic rings. The summed E-state index contributed by atoms with van der Waals surface area (Å²) in [6, 6.07) is 11.9. The fraction of sp³-hybridized carbons (Fsp3) is 0.400. The van der Waals surface area contributed by atoms with Gasteiger partial charge in [0.15, 0.2) is 17.8 Å². The Hall–Kier alpha value is -4.01. The number of carbonyl (C=O) groups is 2. The molecule has 1 fully saturated rings. The summed E-state index contributed by atoms with van der Waals surface area (Å²) < 4.78 is 13.3. The molecule has 0 spiro atoms. The van der Waals surface area contributed by atoms with Crippen LogP contribution in [0.3, 0.4) is 0 Å². The highest BCUT2D eigenvalue weighted by molar-refractivity contribution is 6.03. The molecule has 0 saturated carbocycles. The molecular weight excluding hydrogens is 481 g/mol. The van der Waals surface area contributed by atoms with Crippen molar-refractivity contribution < 1.29 is 14.0 Å². The lowest BCUT2D eigenvalue weighted by Gasteiger charge is -2.39. The first-order chi connectivity index (χ1) is 18.3. The first kappa shape index (κ1) is 28.6. The third kappa shape index (κ3) is 8.54. The monoisotopic (exact) mass is 515 g/mol. The van der Waals surface area contributed by atoms with Crippen LogP contribution >= 0.6 is 0 Å². The zero-order valence-corrected chi connectivity index (χ0v) is 22.0. The Morgan fingerprint density at radius 2 is 1.84 bits per heavy atom. The number of nitrogens with one attached hydrogen (secondary N) is 2. The minimum atomic E-state index is -0.221. The topological polar surface area (TPSA) is 97.6 Å². The van der Waals surface area contributed by atoms with E-state index < -0.39 is 0 Å². The fourth-order valence-electron chi connectivity index (χ4n) is 4.87. The second kappa shape index (κ2) is 14.1. The summed E-state index contributed by atoms with van der Waals surface area (Å²) in [5.41, 5.74) is 2.45. The van der Waals surface area contributed by atoms with Crippen LogP contribution in [0.4, 0.5) is 10.1 Å². The molecular formula is C30H34FN5O2. The number of piperidine rings is 1. The molecule has 1 heterocycles. The molecule has 0 aromatic heterocycles. The molecule has 0 radical (unpaired) electrons. The van der Waals surface area contributed by atoms with E-state index in [1.54, 1.807) is 18.2 Å². The molecule has 8 heteroatoms. The van der Waals surface area contributed by atoms with E-state index >= 15 is 0 Å². The lowest BCUT2D eigenvalue weighted by Crippen LogP contribution is -2.43. The Morgan fingerprint density at radius 3 is 2.45 bits per heavy atom. The predicted octanol–water partition coefficient (Wildman–Crippen LogP) is 4.81. The van der Waals surface area contributed by atoms with Gasteiger partial charge in [0, 0.05) is 29.4 Å². The number of halogens is 1. The smallest absolute Gasteiger partial charge is 0.209 e. The van der Waals surface area contributed by atoms with Gasteiger partial charge >= 0.3 is 0 Å². The number of anilines is 1. The number of Topliss-reactive ketones (excluding diaryl/α,β-unsaturated/α-hetero) is 2. The maximum Gasteiger partial charge on any atom is 0.209 e. The Labute approximate surface area is 224 Å². The van der Waals surface area contributed by atoms with Crippen LogP contribution in [0.15, 0.2) is 47.5 Å². The average molecular weight is 516 g/mol. The number of aliphatic imine (C=N–C) groups is 1. The molecule has 1 saturated heterocycles. The van der Waals surface area contributed by atoms with Crippen LogP contribution in [0.5, 0.6) is 0 Å². The van der Waals surface area contributed by atoms with Crippen LogP contribution < -0.4 is 10.6 Å². The van der Waals surface area contributed by atoms with Crippen molar-refractivity contribution in [2.75, 3.05) is 25.0 Å². The first-order valence-corrected chi connectivity index (χ1v) is 12.8. The number of hydrogen-bond donors (Lipinski definition) is 2. The molecule has 38 heavy (non-hydrogen) atoms. The minimum absolute atomic E-state index is 0.162. The van der Waals surface area contributed by atoms with Crippen molar-refractivity contribution in [1.29, 1.82) is 5.26 Å². The van der Waals surface area contributed by atoms with Crippen molar-refractivity contribution in [3.63, 3.8) is 0 Å². The van der Waals surface area contributed by atoms with Gasteiger partial charge in [0.25, 0.3) is 0 Å². The highest BCUT2D eigenvalue weighted by atomic mass is 19.1. The third-order valence-corrected chi connectivity index (χ3v) is 6.83. The molecule has 2 aromatic carbocycles. The Kier molecular flexibility index (Phi) is 10.6. The largest absolute Gasteiger partial charge is 0.325 e. The number of ketones is 2. The van der Waals surface area contributed by atoms with E-state index in [-0.39, 0.29) is 23.3 Å². The van der Waals surface area contributed by atoms with Gasteiger partial charge in [-0.1, -0.05) is 18.1 Å². The normalized spacial score (nSPS) is 17.8. The van der Waals surface area contributed by atoms with Crippen molar-refractivity contribution in [3.8, 4) is 18.5 Å². The summed E-state index contributed by atoms with van der Waals surface area (Å²) in [5, 5.41) is 14.8. The Morgan fingerprint density at radius 1 is 1.16 bits per heavy atom. The summed E-state index contributed by atoms with van der Waals surface area (Å²) in [6.07, 6.45) is 12.2. The summed E-state index contributed by atoms with van der Waals surface area (Å²) in [7, 11) is 0. The number of nitrogens with zero attached hydrogens (tertiary/aromatic N) is 3. The van der Waals surface area contributed by atoms with Crippen molar-refractivity contribution in [2.24, 2.45) is 10.9 Å². The molecule has 0 amide bonds. The Bertz CT molecular complexity index is 1210. The van der Waals surface area contributed by atoms with Gasteiger partial charge < -0.3 is 5.32 Å². The molecule has 7 nitrogen and oxygen atoms in total. The molecule has 0 unspecified atom stereocenters. The maximum absolute atomic E-state index is 13.3. The zero-order valence-electron chi connectivity index (χ0n) is 22.0. The van der Waals surface area contributed by atoms with Crippen LogP contribution in [0.2, 0.25) is 0 Å². The quantitative estimate of drug-likeness (QED) is 0.0897. The lowest BCUT2D eigenvalue weighted by atomic mass is 9.84. The second-order valence-electron chi connectivity index (χ2n) is 9.70. The molecule has 0 bridgehead atoms. The highest BCUT2D eigenvalue weighted by Crippen LogP contribution is 2.28. The van der Waals surface area contributed by atoms with Gasteiger partial charge in [-0.05, 0) is 94.3 Å². The van der Waals surface area contributed by atoms with Gasteiger partial charge in [0.1, 0.15) is 5.82 Å². The number of benzene rings is 2. The Balaban J connectivity index is 1.62. The summed E-state index contributed by atoms with van der Waals surface area (Å²) in [4.78, 5) is 30.6. The summed E-state index contributed by atoms with van der Waals surface area (Å²) in [5.74, 6) is 2.98. The van der Waals surface area contributed by atoms with Crippen molar-refractivity contribution in [2.45, 2.75) is 52.0 Å². The van der Waals surface area contributed by atoms with Crippen LogP contribution in [0.25, 0.3) is 0 Å². The SMILES string of the molecule is C#CCN1CC[C@@H](Cc2ccc(F)cc2)C[C@@H]1CCCN=C(NC#N)Nc1cc(C(C)=O)cc(C(C)=O)c1. The minimum Gasteiger partial charge on any atom is -0.325 e. The molecule has 3 rings (SSSR count). The van der Waals surface area contributed by atoms with E-state index in [4.69, 9.17) is 6.42 Å². The average Bonchev–Trinajstić information content (AvgIpc) is 2.89. The summed E-state index contributed by atoms with van der Waals surface area (Å²) >= 11 is 0. The van der Waals surface area contributed by atoms with E-state index in [1.165, 1.54) is 26.0 Å². The van der Waals surface area contributed by atoms with E-state index in [0.717, 1.165) is 44.2 Å². The summed E-state index contributed by atoms with van der Waals surface area (Å²) in [6.45, 7) is 4.88. The van der Waals surface area contributed by atoms with Gasteiger partial charge in [0.2, 0.25) is 5.96 Å². The number of nitriles is 1. The van der Waals surface area contributed by atoms with Crippen LogP contribution in [-0.4, -0.2) is 48.1 Å². The van der Waals surface area contributed by atoms with E-state index in [9.17, 15) is 19.2 Å². The number of hydrogen-bond acceptors (Lipinski definition) is 5. The lowest BCUT2D eigenvalue weighted by molar-refractivity contribution is 0.101. The van der Waals surface area contributed by atoms with Gasteiger partial charge in [-0.15, -0.1) is 6.42 Å². The maximum atomic E-state index is 13.3. The predicted molar refractivity (Wildman–Crippen MR) is 147 cm³/mol. The molecule has 1 aliphatic heterocycles. The zero-order chi connectivity index (χ0) is 27.5. The molecule has 198 valence electrons. The standard InChI is InChI=1S/C30H34FN5O2/c1-4-13-36-14-11-24(15-23-7-9-27(31)10-8-23)16-29(36)6-5-12-33-30(34-20-32)35-28-18-25(21(2)37)17-26(19-28)22(3)38/h1,7-10,17-19,24,29H,5-6,11-16H2,2-3H3,(H2,33,34,35)/t24-,29-/m0/s1. The van der Waals surface area contributed by atoms with Gasteiger partial charge in [-0.2, -0.15) is 5.26 Å². The van der Waals surface area contributed by atoms with Gasteiger partial charge in [-0.25, -0.2) is 4.39 Å². The first-order valence-electron chi connectivity index (χ1n) is 12.8. The number of carbonyl (C=O) groups excluding carboxylic acids is 2. The van der Waals surface area contributed by atoms with Gasteiger partial charge in [-0.3, -0.25) is 24.8 Å². The third-order valence-electron chi connectivity index (χ3n) is 6.83. The number of rotatable bonds is 10. The van der Waals surface area contributed by atoms with Crippen molar-refractivity contribution in [1.82, 2.24) is 10.2 Å². The molecule has 2 atom stereocenters. The van der Waals surface area contributed by atoms with Crippen molar-refractivity contribution >= 4 is 23.2 Å². The fourth-order valence-corrected chi connectivity index (χ4v) is 4.87. The molecule has 2 N–H and O–H groups in total. The van der Waals surface area contributed by atoms with E-state index in [0.29, 0.717) is 41.9 Å². The number of likely N-dealkylation sites (tertiary alicyclic amines) is 1. The van der Waals surface area contributed by atoms with Crippen LogP contribution in [-0.2, 0) is 6.42 Å². The van der Waals surface area contributed by atoms with Gasteiger partial charge in [0.05, 0.1) is 6.54 Å². The highest BCUT2D eigenvalue weighted by Gasteiger charge is 2.27. The number of guanidine groups is 1.